The van der Waals surface area contributed by atoms with E-state index in [0.29, 0.717) is 6.04 Å². The fraction of sp³-hybridized carbons (Fsp3) is 0.870. The summed E-state index contributed by atoms with van der Waals surface area (Å²) in [7, 11) is -0.155. The SMILES string of the molecule is C=CC(=O)OC(C)CCCCCCCCCCCCCCCCC[Si]C(F)F. The smallest absolute Gasteiger partial charge is 0.330 e. The van der Waals surface area contributed by atoms with Crippen LogP contribution in [0.5, 0.6) is 0 Å². The number of hydrogen-bond acceptors (Lipinski definition) is 2. The van der Waals surface area contributed by atoms with Crippen LogP contribution in [-0.4, -0.2) is 27.6 Å². The molecule has 2 nitrogen and oxygen atoms in total. The van der Waals surface area contributed by atoms with Crippen molar-refractivity contribution in [3.05, 3.63) is 12.7 Å². The Morgan fingerprint density at radius 2 is 1.21 bits per heavy atom. The lowest BCUT2D eigenvalue weighted by atomic mass is 10.0. The number of esters is 1. The zero-order valence-electron chi connectivity index (χ0n) is 18.0. The van der Waals surface area contributed by atoms with Crippen LogP contribution in [0.25, 0.3) is 0 Å². The average molecular weight is 417 g/mol. The van der Waals surface area contributed by atoms with Crippen molar-refractivity contribution in [1.29, 1.82) is 0 Å². The molecule has 0 aromatic rings. The molecule has 0 amide bonds. The van der Waals surface area contributed by atoms with E-state index in [4.69, 9.17) is 4.74 Å². The number of ether oxygens (including phenoxy) is 1. The topological polar surface area (TPSA) is 26.3 Å². The third-order valence-electron chi connectivity index (χ3n) is 5.07. The lowest BCUT2D eigenvalue weighted by molar-refractivity contribution is -0.142. The molecule has 0 saturated heterocycles. The summed E-state index contributed by atoms with van der Waals surface area (Å²) in [5.41, 5.74) is 0. The summed E-state index contributed by atoms with van der Waals surface area (Å²) in [5.74, 6) is -0.324. The van der Waals surface area contributed by atoms with Crippen LogP contribution < -0.4 is 0 Å². The Bertz CT molecular complexity index is 365. The molecule has 0 rings (SSSR count). The highest BCUT2D eigenvalue weighted by molar-refractivity contribution is 6.36. The van der Waals surface area contributed by atoms with Gasteiger partial charge in [0.2, 0.25) is 6.05 Å². The van der Waals surface area contributed by atoms with Gasteiger partial charge < -0.3 is 4.74 Å². The fourth-order valence-corrected chi connectivity index (χ4v) is 4.04. The summed E-state index contributed by atoms with van der Waals surface area (Å²) in [6.07, 6.45) is 21.0. The number of hydrogen-bond donors (Lipinski definition) is 0. The Hall–Kier alpha value is -0.713. The van der Waals surface area contributed by atoms with Crippen LogP contribution in [-0.2, 0) is 9.53 Å². The molecule has 1 atom stereocenters. The third-order valence-corrected chi connectivity index (χ3v) is 6.02. The molecule has 164 valence electrons. The predicted molar refractivity (Wildman–Crippen MR) is 116 cm³/mol. The lowest BCUT2D eigenvalue weighted by Crippen LogP contribution is -2.12. The third kappa shape index (κ3) is 21.6. The van der Waals surface area contributed by atoms with E-state index in [9.17, 15) is 13.6 Å². The van der Waals surface area contributed by atoms with Gasteiger partial charge in [-0.3, -0.25) is 0 Å². The van der Waals surface area contributed by atoms with Crippen LogP contribution in [0.4, 0.5) is 8.78 Å². The van der Waals surface area contributed by atoms with E-state index in [1.807, 2.05) is 6.92 Å². The summed E-state index contributed by atoms with van der Waals surface area (Å²) in [6.45, 7) is 5.35. The molecule has 0 aliphatic heterocycles. The van der Waals surface area contributed by atoms with Gasteiger partial charge in [-0.05, 0) is 19.8 Å². The summed E-state index contributed by atoms with van der Waals surface area (Å²) in [5, 5.41) is 0. The molecule has 2 radical (unpaired) electrons. The van der Waals surface area contributed by atoms with Gasteiger partial charge >= 0.3 is 5.97 Å². The van der Waals surface area contributed by atoms with Crippen LogP contribution in [0.2, 0.25) is 6.04 Å². The molecule has 1 unspecified atom stereocenters. The Morgan fingerprint density at radius 1 is 0.821 bits per heavy atom. The second kappa shape index (κ2) is 21.0. The van der Waals surface area contributed by atoms with E-state index in [1.165, 1.54) is 83.1 Å². The molecule has 0 spiro atoms. The van der Waals surface area contributed by atoms with Crippen molar-refractivity contribution < 1.29 is 18.3 Å². The quantitative estimate of drug-likeness (QED) is 0.0829. The van der Waals surface area contributed by atoms with Gasteiger partial charge in [0.25, 0.3) is 0 Å². The highest BCUT2D eigenvalue weighted by Gasteiger charge is 2.05. The molecule has 0 bridgehead atoms. The van der Waals surface area contributed by atoms with Crippen LogP contribution in [0.1, 0.15) is 110 Å². The first-order chi connectivity index (χ1) is 13.6. The van der Waals surface area contributed by atoms with Crippen molar-refractivity contribution in [2.75, 3.05) is 0 Å². The van der Waals surface area contributed by atoms with E-state index in [-0.39, 0.29) is 21.6 Å². The Labute approximate surface area is 174 Å². The van der Waals surface area contributed by atoms with Gasteiger partial charge in [-0.25, -0.2) is 13.6 Å². The van der Waals surface area contributed by atoms with Gasteiger partial charge in [0.1, 0.15) is 9.52 Å². The van der Waals surface area contributed by atoms with Crippen molar-refractivity contribution >= 4 is 15.5 Å². The van der Waals surface area contributed by atoms with E-state index in [0.717, 1.165) is 25.7 Å². The van der Waals surface area contributed by atoms with E-state index in [2.05, 4.69) is 6.58 Å². The van der Waals surface area contributed by atoms with Gasteiger partial charge in [-0.2, -0.15) is 0 Å². The molecule has 0 aromatic heterocycles. The normalized spacial score (nSPS) is 12.3. The summed E-state index contributed by atoms with van der Waals surface area (Å²) >= 11 is 0. The predicted octanol–water partition coefficient (Wildman–Crippen LogP) is 7.69. The fourth-order valence-electron chi connectivity index (χ4n) is 3.37. The average Bonchev–Trinajstić information content (AvgIpc) is 2.66. The van der Waals surface area contributed by atoms with Crippen LogP contribution >= 0.6 is 0 Å². The van der Waals surface area contributed by atoms with E-state index < -0.39 is 6.05 Å². The molecule has 0 aromatic carbocycles. The first-order valence-electron chi connectivity index (χ1n) is 11.4. The van der Waals surface area contributed by atoms with Gasteiger partial charge in [-0.15, -0.1) is 0 Å². The van der Waals surface area contributed by atoms with Crippen molar-refractivity contribution in [3.8, 4) is 0 Å². The molecule has 0 N–H and O–H groups in total. The van der Waals surface area contributed by atoms with Crippen LogP contribution in [0.3, 0.4) is 0 Å². The number of carbonyl (C=O) groups excluding carboxylic acids is 1. The highest BCUT2D eigenvalue weighted by atomic mass is 28.2. The number of alkyl halides is 2. The van der Waals surface area contributed by atoms with Crippen LogP contribution in [0.15, 0.2) is 12.7 Å². The number of carbonyl (C=O) groups is 1. The van der Waals surface area contributed by atoms with Crippen LogP contribution in [0, 0.1) is 0 Å². The van der Waals surface area contributed by atoms with E-state index >= 15 is 0 Å². The summed E-state index contributed by atoms with van der Waals surface area (Å²) < 4.78 is 29.2. The molecule has 0 aliphatic rings. The Morgan fingerprint density at radius 3 is 1.61 bits per heavy atom. The number of rotatable bonds is 21. The molecular weight excluding hydrogens is 374 g/mol. The van der Waals surface area contributed by atoms with Crippen molar-refractivity contribution in [2.45, 2.75) is 128 Å². The molecule has 0 aliphatic carbocycles. The number of unbranched alkanes of at least 4 members (excludes halogenated alkanes) is 14. The monoisotopic (exact) mass is 416 g/mol. The molecule has 0 saturated carbocycles. The van der Waals surface area contributed by atoms with Crippen molar-refractivity contribution in [2.24, 2.45) is 0 Å². The van der Waals surface area contributed by atoms with Crippen molar-refractivity contribution in [1.82, 2.24) is 0 Å². The molecule has 0 heterocycles. The van der Waals surface area contributed by atoms with Gasteiger partial charge in [0.05, 0.1) is 6.10 Å². The Balaban J connectivity index is 3.12. The molecule has 5 heteroatoms. The minimum Gasteiger partial charge on any atom is -0.460 e. The summed E-state index contributed by atoms with van der Waals surface area (Å²) in [6, 6.07) is -1.38. The molecular formula is C23H42F2O2Si. The number of halogens is 2. The Kier molecular flexibility index (Phi) is 20.5. The molecule has 0 fully saturated rings. The van der Waals surface area contributed by atoms with Gasteiger partial charge in [-0.1, -0.05) is 103 Å². The van der Waals surface area contributed by atoms with E-state index in [1.54, 1.807) is 0 Å². The van der Waals surface area contributed by atoms with Crippen molar-refractivity contribution in [3.63, 3.8) is 0 Å². The standard InChI is InChI=1S/C23H42F2O2Si/c1-3-22(26)27-21(2)19-17-15-13-11-9-7-5-4-6-8-10-12-14-16-18-20-28-23(24)25/h3,21,23H,1,4-20H2,2H3. The first-order valence-corrected chi connectivity index (χ1v) is 12.7. The first kappa shape index (κ1) is 27.3. The minimum atomic E-state index is -2.09. The maximum absolute atomic E-state index is 12.0. The maximum atomic E-state index is 12.0. The zero-order valence-corrected chi connectivity index (χ0v) is 19.0. The zero-order chi connectivity index (χ0) is 20.9. The van der Waals surface area contributed by atoms with Gasteiger partial charge in [0, 0.05) is 6.08 Å². The summed E-state index contributed by atoms with van der Waals surface area (Å²) in [4.78, 5) is 11.1. The van der Waals surface area contributed by atoms with Gasteiger partial charge in [0.15, 0.2) is 0 Å². The second-order valence-electron chi connectivity index (χ2n) is 7.80. The minimum absolute atomic E-state index is 0.00341. The maximum Gasteiger partial charge on any atom is 0.330 e. The lowest BCUT2D eigenvalue weighted by Gasteiger charge is -2.11. The second-order valence-corrected chi connectivity index (χ2v) is 9.14. The molecule has 28 heavy (non-hydrogen) atoms. The largest absolute Gasteiger partial charge is 0.460 e. The highest BCUT2D eigenvalue weighted by Crippen LogP contribution is 2.15.